The highest BCUT2D eigenvalue weighted by Crippen LogP contribution is 2.15. The molecule has 0 saturated carbocycles. The lowest BCUT2D eigenvalue weighted by molar-refractivity contribution is 0.0791. The zero-order valence-corrected chi connectivity index (χ0v) is 11.0. The second kappa shape index (κ2) is 4.70. The van der Waals surface area contributed by atoms with E-state index in [9.17, 15) is 13.2 Å². The summed E-state index contributed by atoms with van der Waals surface area (Å²) in [5.41, 5.74) is 6.25. The largest absolute Gasteiger partial charge is 0.337 e. The molecule has 1 aromatic rings. The summed E-state index contributed by atoms with van der Waals surface area (Å²) in [4.78, 5) is 14.0. The number of hydrogen-bond acceptors (Lipinski definition) is 4. The van der Waals surface area contributed by atoms with E-state index in [1.54, 1.807) is 17.0 Å². The van der Waals surface area contributed by atoms with Crippen molar-refractivity contribution in [3.63, 3.8) is 0 Å². The second-order valence-corrected chi connectivity index (χ2v) is 6.61. The minimum atomic E-state index is -3.22. The van der Waals surface area contributed by atoms with Crippen molar-refractivity contribution in [2.45, 2.75) is 17.4 Å². The monoisotopic (exact) mass is 268 g/mol. The van der Waals surface area contributed by atoms with Crippen LogP contribution in [0, 0.1) is 0 Å². The second-order valence-electron chi connectivity index (χ2n) is 4.60. The van der Waals surface area contributed by atoms with Crippen LogP contribution in [0.25, 0.3) is 0 Å². The van der Waals surface area contributed by atoms with Gasteiger partial charge in [0.05, 0.1) is 4.90 Å². The number of nitrogens with two attached hydrogens (primary N) is 1. The van der Waals surface area contributed by atoms with E-state index < -0.39 is 9.84 Å². The van der Waals surface area contributed by atoms with Crippen molar-refractivity contribution in [2.24, 2.45) is 5.73 Å². The number of hydrogen-bond donors (Lipinski definition) is 1. The zero-order chi connectivity index (χ0) is 13.3. The molecule has 5 nitrogen and oxygen atoms in total. The summed E-state index contributed by atoms with van der Waals surface area (Å²) in [6.45, 7) is 1.22. The molecule has 1 saturated heterocycles. The van der Waals surface area contributed by atoms with Gasteiger partial charge in [-0.05, 0) is 30.7 Å². The van der Waals surface area contributed by atoms with Crippen molar-refractivity contribution in [1.29, 1.82) is 0 Å². The quantitative estimate of drug-likeness (QED) is 0.834. The molecule has 1 heterocycles. The van der Waals surface area contributed by atoms with Gasteiger partial charge in [-0.2, -0.15) is 0 Å². The Morgan fingerprint density at radius 2 is 1.94 bits per heavy atom. The molecule has 18 heavy (non-hydrogen) atoms. The van der Waals surface area contributed by atoms with E-state index in [4.69, 9.17) is 5.73 Å². The van der Waals surface area contributed by atoms with Crippen LogP contribution in [-0.4, -0.2) is 44.6 Å². The van der Waals surface area contributed by atoms with Crippen LogP contribution >= 0.6 is 0 Å². The smallest absolute Gasteiger partial charge is 0.253 e. The predicted molar refractivity (Wildman–Crippen MR) is 68.0 cm³/mol. The van der Waals surface area contributed by atoms with Gasteiger partial charge < -0.3 is 10.6 Å². The standard InChI is InChI=1S/C12H16N2O3S/c1-18(16,17)11-4-2-9(3-5-11)12(15)14-7-6-10(13)8-14/h2-5,10H,6-8,13H2,1H3. The fourth-order valence-corrected chi connectivity index (χ4v) is 2.63. The number of amides is 1. The molecule has 0 aliphatic carbocycles. The predicted octanol–water partition coefficient (Wildman–Crippen LogP) is 0.263. The Bertz CT molecular complexity index is 551. The fraction of sp³-hybridized carbons (Fsp3) is 0.417. The van der Waals surface area contributed by atoms with E-state index >= 15 is 0 Å². The molecule has 2 rings (SSSR count). The highest BCUT2D eigenvalue weighted by molar-refractivity contribution is 7.90. The average molecular weight is 268 g/mol. The van der Waals surface area contributed by atoms with E-state index in [-0.39, 0.29) is 16.8 Å². The summed E-state index contributed by atoms with van der Waals surface area (Å²) < 4.78 is 22.6. The van der Waals surface area contributed by atoms with E-state index in [0.717, 1.165) is 12.7 Å². The average Bonchev–Trinajstić information content (AvgIpc) is 2.74. The van der Waals surface area contributed by atoms with Gasteiger partial charge in [0, 0.05) is 31.0 Å². The van der Waals surface area contributed by atoms with Crippen LogP contribution in [0.3, 0.4) is 0 Å². The number of rotatable bonds is 2. The van der Waals surface area contributed by atoms with Crippen LogP contribution in [0.4, 0.5) is 0 Å². The Morgan fingerprint density at radius 1 is 1.33 bits per heavy atom. The van der Waals surface area contributed by atoms with E-state index in [1.165, 1.54) is 12.1 Å². The molecule has 1 aliphatic rings. The van der Waals surface area contributed by atoms with Gasteiger partial charge in [-0.15, -0.1) is 0 Å². The summed E-state index contributed by atoms with van der Waals surface area (Å²) >= 11 is 0. The maximum absolute atomic E-state index is 12.1. The molecule has 1 aliphatic heterocycles. The van der Waals surface area contributed by atoms with Gasteiger partial charge in [0.25, 0.3) is 5.91 Å². The molecule has 1 amide bonds. The Kier molecular flexibility index (Phi) is 3.41. The maximum atomic E-state index is 12.1. The first-order valence-electron chi connectivity index (χ1n) is 5.73. The Balaban J connectivity index is 2.17. The first kappa shape index (κ1) is 13.0. The molecule has 0 spiro atoms. The topological polar surface area (TPSA) is 80.5 Å². The normalized spacial score (nSPS) is 20.1. The van der Waals surface area contributed by atoms with Gasteiger partial charge in [-0.1, -0.05) is 0 Å². The number of nitrogens with zero attached hydrogens (tertiary/aromatic N) is 1. The first-order valence-corrected chi connectivity index (χ1v) is 7.62. The number of carbonyl (C=O) groups excluding carboxylic acids is 1. The molecule has 1 aromatic carbocycles. The van der Waals surface area contributed by atoms with Crippen molar-refractivity contribution in [2.75, 3.05) is 19.3 Å². The number of likely N-dealkylation sites (tertiary alicyclic amines) is 1. The number of sulfone groups is 1. The highest BCUT2D eigenvalue weighted by atomic mass is 32.2. The van der Waals surface area contributed by atoms with Crippen molar-refractivity contribution < 1.29 is 13.2 Å². The van der Waals surface area contributed by atoms with E-state index in [2.05, 4.69) is 0 Å². The number of carbonyl (C=O) groups is 1. The Labute approximate surface area is 107 Å². The van der Waals surface area contributed by atoms with Gasteiger partial charge in [0.1, 0.15) is 0 Å². The lowest BCUT2D eigenvalue weighted by Crippen LogP contribution is -2.31. The van der Waals surface area contributed by atoms with Crippen LogP contribution < -0.4 is 5.73 Å². The molecule has 98 valence electrons. The first-order chi connectivity index (χ1) is 8.38. The third-order valence-electron chi connectivity index (χ3n) is 3.04. The van der Waals surface area contributed by atoms with Gasteiger partial charge in [0.2, 0.25) is 0 Å². The Hall–Kier alpha value is -1.40. The molecule has 6 heteroatoms. The summed E-state index contributed by atoms with van der Waals surface area (Å²) in [5, 5.41) is 0. The third-order valence-corrected chi connectivity index (χ3v) is 4.17. The molecule has 1 atom stereocenters. The van der Waals surface area contributed by atoms with Gasteiger partial charge in [-0.25, -0.2) is 8.42 Å². The minimum Gasteiger partial charge on any atom is -0.337 e. The molecular formula is C12H16N2O3S. The van der Waals surface area contributed by atoms with Crippen LogP contribution in [-0.2, 0) is 9.84 Å². The van der Waals surface area contributed by atoms with Gasteiger partial charge >= 0.3 is 0 Å². The molecule has 0 radical (unpaired) electrons. The van der Waals surface area contributed by atoms with Crippen LogP contribution in [0.2, 0.25) is 0 Å². The summed E-state index contributed by atoms with van der Waals surface area (Å²) in [5.74, 6) is -0.0944. The van der Waals surface area contributed by atoms with Crippen LogP contribution in [0.1, 0.15) is 16.8 Å². The fourth-order valence-electron chi connectivity index (χ4n) is 2.00. The van der Waals surface area contributed by atoms with E-state index in [1.807, 2.05) is 0 Å². The maximum Gasteiger partial charge on any atom is 0.253 e. The molecule has 1 unspecified atom stereocenters. The van der Waals surface area contributed by atoms with Crippen molar-refractivity contribution in [3.05, 3.63) is 29.8 Å². The Morgan fingerprint density at radius 3 is 2.39 bits per heavy atom. The van der Waals surface area contributed by atoms with Crippen molar-refractivity contribution in [3.8, 4) is 0 Å². The molecule has 1 fully saturated rings. The minimum absolute atomic E-state index is 0.0456. The summed E-state index contributed by atoms with van der Waals surface area (Å²) in [6, 6.07) is 6.05. The summed E-state index contributed by atoms with van der Waals surface area (Å²) in [6.07, 6.45) is 1.95. The number of benzene rings is 1. The van der Waals surface area contributed by atoms with E-state index in [0.29, 0.717) is 18.7 Å². The van der Waals surface area contributed by atoms with Crippen molar-refractivity contribution in [1.82, 2.24) is 4.90 Å². The van der Waals surface area contributed by atoms with Crippen LogP contribution in [0.5, 0.6) is 0 Å². The van der Waals surface area contributed by atoms with Crippen LogP contribution in [0.15, 0.2) is 29.2 Å². The SMILES string of the molecule is CS(=O)(=O)c1ccc(C(=O)N2CCC(N)C2)cc1. The van der Waals surface area contributed by atoms with Gasteiger partial charge in [-0.3, -0.25) is 4.79 Å². The lowest BCUT2D eigenvalue weighted by atomic mass is 10.2. The molecule has 2 N–H and O–H groups in total. The van der Waals surface area contributed by atoms with Crippen molar-refractivity contribution >= 4 is 15.7 Å². The summed E-state index contributed by atoms with van der Waals surface area (Å²) in [7, 11) is -3.22. The molecule has 0 bridgehead atoms. The van der Waals surface area contributed by atoms with Gasteiger partial charge in [0.15, 0.2) is 9.84 Å². The highest BCUT2D eigenvalue weighted by Gasteiger charge is 2.24. The zero-order valence-electron chi connectivity index (χ0n) is 10.2. The lowest BCUT2D eigenvalue weighted by Gasteiger charge is -2.15. The third kappa shape index (κ3) is 2.70. The molecule has 0 aromatic heterocycles. The molecular weight excluding hydrogens is 252 g/mol.